The zero-order valence-corrected chi connectivity index (χ0v) is 16.5. The van der Waals surface area contributed by atoms with Crippen molar-refractivity contribution in [1.29, 1.82) is 0 Å². The fourth-order valence-corrected chi connectivity index (χ4v) is 3.30. The standard InChI is InChI=1S/C21H26FN3O3/c1-23-21(25(2)12-16-6-4-5-7-19(16)26-3)24-9-8-15-10-18(22)11-17-13-27-14-28-20(15)17/h4-7,10-11H,8-9,12-14H2,1-3H3,(H,23,24). The number of hydrogen-bond donors (Lipinski definition) is 1. The highest BCUT2D eigenvalue weighted by Crippen LogP contribution is 2.29. The Labute approximate surface area is 164 Å². The third-order valence-corrected chi connectivity index (χ3v) is 4.60. The molecule has 0 radical (unpaired) electrons. The number of methoxy groups -OCH3 is 1. The van der Waals surface area contributed by atoms with Crippen LogP contribution in [-0.2, 0) is 24.3 Å². The summed E-state index contributed by atoms with van der Waals surface area (Å²) in [6.07, 6.45) is 0.613. The number of halogens is 1. The molecule has 0 amide bonds. The summed E-state index contributed by atoms with van der Waals surface area (Å²) in [6.45, 7) is 1.82. The van der Waals surface area contributed by atoms with E-state index in [1.807, 2.05) is 36.2 Å². The number of nitrogens with zero attached hydrogens (tertiary/aromatic N) is 2. The van der Waals surface area contributed by atoms with Crippen LogP contribution in [0, 0.1) is 5.82 Å². The molecule has 0 spiro atoms. The van der Waals surface area contributed by atoms with E-state index in [-0.39, 0.29) is 12.6 Å². The predicted molar refractivity (Wildman–Crippen MR) is 106 cm³/mol. The van der Waals surface area contributed by atoms with E-state index < -0.39 is 0 Å². The van der Waals surface area contributed by atoms with Gasteiger partial charge in [-0.15, -0.1) is 0 Å². The minimum absolute atomic E-state index is 0.197. The van der Waals surface area contributed by atoms with Gasteiger partial charge in [0.25, 0.3) is 0 Å². The van der Waals surface area contributed by atoms with Crippen LogP contribution in [0.4, 0.5) is 4.39 Å². The lowest BCUT2D eigenvalue weighted by Gasteiger charge is -2.24. The van der Waals surface area contributed by atoms with Gasteiger partial charge in [0.15, 0.2) is 12.8 Å². The second kappa shape index (κ2) is 9.41. The molecule has 0 aliphatic carbocycles. The van der Waals surface area contributed by atoms with Gasteiger partial charge < -0.3 is 24.4 Å². The molecule has 0 aromatic heterocycles. The van der Waals surface area contributed by atoms with Gasteiger partial charge in [0.1, 0.15) is 17.3 Å². The normalized spacial score (nSPS) is 13.5. The van der Waals surface area contributed by atoms with E-state index in [0.29, 0.717) is 26.1 Å². The van der Waals surface area contributed by atoms with Crippen molar-refractivity contribution in [1.82, 2.24) is 10.2 Å². The molecule has 3 rings (SSSR count). The monoisotopic (exact) mass is 387 g/mol. The Bertz CT molecular complexity index is 842. The van der Waals surface area contributed by atoms with Crippen LogP contribution in [0.25, 0.3) is 0 Å². The minimum Gasteiger partial charge on any atom is -0.496 e. The molecule has 1 N–H and O–H groups in total. The molecule has 7 heteroatoms. The van der Waals surface area contributed by atoms with Gasteiger partial charge in [0.05, 0.1) is 13.7 Å². The maximum Gasteiger partial charge on any atom is 0.193 e. The van der Waals surface area contributed by atoms with Gasteiger partial charge in [-0.1, -0.05) is 18.2 Å². The van der Waals surface area contributed by atoms with E-state index in [1.165, 1.54) is 12.1 Å². The van der Waals surface area contributed by atoms with Gasteiger partial charge >= 0.3 is 0 Å². The number of hydrogen-bond acceptors (Lipinski definition) is 4. The maximum atomic E-state index is 13.9. The Kier molecular flexibility index (Phi) is 6.71. The average molecular weight is 387 g/mol. The molecule has 150 valence electrons. The van der Waals surface area contributed by atoms with Crippen molar-refractivity contribution in [3.05, 3.63) is 58.9 Å². The Balaban J connectivity index is 1.61. The van der Waals surface area contributed by atoms with Crippen molar-refractivity contribution in [2.75, 3.05) is 34.5 Å². The number of nitrogens with one attached hydrogen (secondary N) is 1. The molecule has 28 heavy (non-hydrogen) atoms. The maximum absolute atomic E-state index is 13.9. The first-order valence-corrected chi connectivity index (χ1v) is 9.18. The quantitative estimate of drug-likeness (QED) is 0.610. The topological polar surface area (TPSA) is 55.3 Å². The van der Waals surface area contributed by atoms with Crippen molar-refractivity contribution < 1.29 is 18.6 Å². The van der Waals surface area contributed by atoms with Crippen LogP contribution < -0.4 is 14.8 Å². The molecule has 1 aliphatic rings. The highest BCUT2D eigenvalue weighted by molar-refractivity contribution is 5.79. The number of guanidine groups is 1. The molecular weight excluding hydrogens is 361 g/mol. The van der Waals surface area contributed by atoms with Crippen molar-refractivity contribution in [2.24, 2.45) is 4.99 Å². The molecule has 6 nitrogen and oxygen atoms in total. The number of ether oxygens (including phenoxy) is 3. The van der Waals surface area contributed by atoms with Crippen molar-refractivity contribution >= 4 is 5.96 Å². The fraction of sp³-hybridized carbons (Fsp3) is 0.381. The van der Waals surface area contributed by atoms with Crippen LogP contribution in [0.3, 0.4) is 0 Å². The van der Waals surface area contributed by atoms with Crippen LogP contribution >= 0.6 is 0 Å². The largest absolute Gasteiger partial charge is 0.496 e. The second-order valence-corrected chi connectivity index (χ2v) is 6.56. The van der Waals surface area contributed by atoms with E-state index in [4.69, 9.17) is 14.2 Å². The summed E-state index contributed by atoms with van der Waals surface area (Å²) < 4.78 is 30.1. The van der Waals surface area contributed by atoms with E-state index in [9.17, 15) is 4.39 Å². The molecule has 1 aliphatic heterocycles. The molecule has 2 aromatic carbocycles. The van der Waals surface area contributed by atoms with Crippen LogP contribution in [0.5, 0.6) is 11.5 Å². The van der Waals surface area contributed by atoms with Crippen molar-refractivity contribution in [3.63, 3.8) is 0 Å². The minimum atomic E-state index is -0.277. The van der Waals surface area contributed by atoms with Crippen LogP contribution in [-0.4, -0.2) is 45.4 Å². The first kappa shape index (κ1) is 19.9. The molecule has 0 atom stereocenters. The van der Waals surface area contributed by atoms with Gasteiger partial charge in [-0.3, -0.25) is 4.99 Å². The zero-order chi connectivity index (χ0) is 19.9. The third-order valence-electron chi connectivity index (χ3n) is 4.60. The summed E-state index contributed by atoms with van der Waals surface area (Å²) in [7, 11) is 5.37. The van der Waals surface area contributed by atoms with Gasteiger partial charge in [-0.05, 0) is 30.2 Å². The SMILES string of the molecule is CN=C(NCCc1cc(F)cc2c1OCOC2)N(C)Cc1ccccc1OC. The first-order valence-electron chi connectivity index (χ1n) is 9.18. The Morgan fingerprint density at radius 3 is 2.89 bits per heavy atom. The van der Waals surface area contributed by atoms with Gasteiger partial charge in [0.2, 0.25) is 0 Å². The van der Waals surface area contributed by atoms with E-state index in [1.54, 1.807) is 14.2 Å². The average Bonchev–Trinajstić information content (AvgIpc) is 2.71. The van der Waals surface area contributed by atoms with Crippen LogP contribution in [0.15, 0.2) is 41.4 Å². The van der Waals surface area contributed by atoms with Gasteiger partial charge in [-0.2, -0.15) is 0 Å². The summed E-state index contributed by atoms with van der Waals surface area (Å²) in [4.78, 5) is 6.36. The fourth-order valence-electron chi connectivity index (χ4n) is 3.30. The molecule has 0 saturated carbocycles. The van der Waals surface area contributed by atoms with Crippen molar-refractivity contribution in [3.8, 4) is 11.5 Å². The summed E-state index contributed by atoms with van der Waals surface area (Å²) in [5.74, 6) is 2.04. The summed E-state index contributed by atoms with van der Waals surface area (Å²) in [5.41, 5.74) is 2.65. The second-order valence-electron chi connectivity index (χ2n) is 6.56. The van der Waals surface area contributed by atoms with E-state index in [2.05, 4.69) is 10.3 Å². The Morgan fingerprint density at radius 1 is 1.29 bits per heavy atom. The molecule has 0 fully saturated rings. The van der Waals surface area contributed by atoms with Crippen LogP contribution in [0.2, 0.25) is 0 Å². The summed E-state index contributed by atoms with van der Waals surface area (Å²) in [6, 6.07) is 10.9. The molecular formula is C21H26FN3O3. The Hall–Kier alpha value is -2.80. The summed E-state index contributed by atoms with van der Waals surface area (Å²) in [5, 5.41) is 3.33. The molecule has 1 heterocycles. The third kappa shape index (κ3) is 4.72. The van der Waals surface area contributed by atoms with E-state index >= 15 is 0 Å². The van der Waals surface area contributed by atoms with Crippen molar-refractivity contribution in [2.45, 2.75) is 19.6 Å². The smallest absolute Gasteiger partial charge is 0.193 e. The lowest BCUT2D eigenvalue weighted by molar-refractivity contribution is -0.0172. The highest BCUT2D eigenvalue weighted by atomic mass is 19.1. The lowest BCUT2D eigenvalue weighted by Crippen LogP contribution is -2.39. The molecule has 0 saturated heterocycles. The number of rotatable bonds is 6. The zero-order valence-electron chi connectivity index (χ0n) is 16.5. The Morgan fingerprint density at radius 2 is 2.11 bits per heavy atom. The first-order chi connectivity index (χ1) is 13.6. The van der Waals surface area contributed by atoms with Gasteiger partial charge in [0, 0.05) is 38.3 Å². The number of aliphatic imine (C=N–C) groups is 1. The predicted octanol–water partition coefficient (Wildman–Crippen LogP) is 2.95. The number of para-hydroxylation sites is 1. The molecule has 2 aromatic rings. The number of benzene rings is 2. The number of fused-ring (bicyclic) bond motifs is 1. The highest BCUT2D eigenvalue weighted by Gasteiger charge is 2.17. The van der Waals surface area contributed by atoms with Crippen LogP contribution in [0.1, 0.15) is 16.7 Å². The lowest BCUT2D eigenvalue weighted by atomic mass is 10.1. The molecule has 0 unspecified atom stereocenters. The molecule has 0 bridgehead atoms. The van der Waals surface area contributed by atoms with E-state index in [0.717, 1.165) is 34.1 Å². The van der Waals surface area contributed by atoms with Gasteiger partial charge in [-0.25, -0.2) is 4.39 Å². The summed E-state index contributed by atoms with van der Waals surface area (Å²) >= 11 is 0.